The lowest BCUT2D eigenvalue weighted by atomic mass is 9.82. The lowest BCUT2D eigenvalue weighted by Gasteiger charge is -2.53. The largest absolute Gasteiger partial charge is 0.372 e. The van der Waals surface area contributed by atoms with Crippen LogP contribution in [-0.2, 0) is 16.1 Å². The molecule has 24 heavy (non-hydrogen) atoms. The topological polar surface area (TPSA) is 67.6 Å². The van der Waals surface area contributed by atoms with Crippen LogP contribution in [0, 0.1) is 25.7 Å². The Labute approximate surface area is 143 Å². The molecule has 3 rings (SSSR count). The average molecular weight is 335 g/mol. The van der Waals surface area contributed by atoms with Crippen molar-refractivity contribution in [1.29, 1.82) is 0 Å². The second-order valence-corrected chi connectivity index (χ2v) is 7.75. The van der Waals surface area contributed by atoms with Crippen LogP contribution in [0.3, 0.4) is 0 Å². The Balaban J connectivity index is 1.41. The Bertz CT molecular complexity index is 561. The number of nitrogens with one attached hydrogen (secondary N) is 1. The maximum absolute atomic E-state index is 11.7. The highest BCUT2D eigenvalue weighted by molar-refractivity contribution is 5.77. The van der Waals surface area contributed by atoms with Gasteiger partial charge < -0.3 is 14.6 Å². The molecule has 1 atom stereocenters. The van der Waals surface area contributed by atoms with Gasteiger partial charge in [0, 0.05) is 37.7 Å². The zero-order valence-corrected chi connectivity index (χ0v) is 15.2. The summed E-state index contributed by atoms with van der Waals surface area (Å²) in [5, 5.41) is 7.04. The highest BCUT2D eigenvalue weighted by Crippen LogP contribution is 2.37. The molecule has 0 bridgehead atoms. The number of amides is 1. The number of hydrogen-bond donors (Lipinski definition) is 1. The summed E-state index contributed by atoms with van der Waals surface area (Å²) in [5.41, 5.74) is 2.21. The van der Waals surface area contributed by atoms with Gasteiger partial charge in [0.2, 0.25) is 5.91 Å². The predicted molar refractivity (Wildman–Crippen MR) is 90.5 cm³/mol. The molecule has 0 radical (unpaired) electrons. The molecule has 1 spiro atoms. The molecule has 0 saturated carbocycles. The molecule has 0 aliphatic carbocycles. The molecule has 6 heteroatoms. The van der Waals surface area contributed by atoms with Gasteiger partial charge in [0.05, 0.1) is 17.9 Å². The number of carbonyl (C=O) groups is 1. The van der Waals surface area contributed by atoms with E-state index in [4.69, 9.17) is 9.26 Å². The number of nitrogens with zero attached hydrogens (tertiary/aromatic N) is 2. The lowest BCUT2D eigenvalue weighted by Crippen LogP contribution is -2.64. The summed E-state index contributed by atoms with van der Waals surface area (Å²) in [4.78, 5) is 14.1. The van der Waals surface area contributed by atoms with Crippen molar-refractivity contribution in [2.75, 3.05) is 26.2 Å². The summed E-state index contributed by atoms with van der Waals surface area (Å²) in [6.45, 7) is 12.1. The maximum Gasteiger partial charge on any atom is 0.222 e. The van der Waals surface area contributed by atoms with Crippen LogP contribution in [0.2, 0.25) is 0 Å². The van der Waals surface area contributed by atoms with Crippen molar-refractivity contribution >= 4 is 5.91 Å². The molecule has 0 unspecified atom stereocenters. The minimum Gasteiger partial charge on any atom is -0.372 e. The van der Waals surface area contributed by atoms with Gasteiger partial charge in [-0.15, -0.1) is 0 Å². The fourth-order valence-corrected chi connectivity index (χ4v) is 3.61. The molecular formula is C18H29N3O3. The van der Waals surface area contributed by atoms with E-state index >= 15 is 0 Å². The van der Waals surface area contributed by atoms with Crippen molar-refractivity contribution in [3.8, 4) is 0 Å². The number of aromatic nitrogens is 1. The Morgan fingerprint density at radius 1 is 1.42 bits per heavy atom. The summed E-state index contributed by atoms with van der Waals surface area (Å²) in [5.74, 6) is 1.53. The molecule has 6 nitrogen and oxygen atoms in total. The van der Waals surface area contributed by atoms with E-state index in [1.165, 1.54) is 5.56 Å². The number of ether oxygens (including phenoxy) is 1. The van der Waals surface area contributed by atoms with Gasteiger partial charge in [0.25, 0.3) is 0 Å². The quantitative estimate of drug-likeness (QED) is 0.892. The van der Waals surface area contributed by atoms with Crippen molar-refractivity contribution in [3.05, 3.63) is 17.0 Å². The summed E-state index contributed by atoms with van der Waals surface area (Å²) in [6, 6.07) is 0. The van der Waals surface area contributed by atoms with Crippen molar-refractivity contribution in [3.63, 3.8) is 0 Å². The molecule has 2 aliphatic heterocycles. The van der Waals surface area contributed by atoms with Crippen molar-refractivity contribution in [2.45, 2.75) is 52.7 Å². The molecule has 1 aromatic heterocycles. The van der Waals surface area contributed by atoms with Gasteiger partial charge in [-0.25, -0.2) is 0 Å². The third-order valence-corrected chi connectivity index (χ3v) is 5.31. The van der Waals surface area contributed by atoms with Crippen LogP contribution in [0.5, 0.6) is 0 Å². The first-order chi connectivity index (χ1) is 11.4. The second kappa shape index (κ2) is 6.84. The van der Waals surface area contributed by atoms with Crippen LogP contribution >= 0.6 is 0 Å². The van der Waals surface area contributed by atoms with Crippen LogP contribution in [0.25, 0.3) is 0 Å². The molecule has 3 heterocycles. The lowest BCUT2D eigenvalue weighted by molar-refractivity contribution is -0.181. The Hall–Kier alpha value is -1.40. The predicted octanol–water partition coefficient (Wildman–Crippen LogP) is 2.04. The minimum atomic E-state index is 0.0253. The zero-order valence-electron chi connectivity index (χ0n) is 15.2. The van der Waals surface area contributed by atoms with Gasteiger partial charge in [0.1, 0.15) is 5.76 Å². The van der Waals surface area contributed by atoms with Crippen LogP contribution in [0.4, 0.5) is 0 Å². The summed E-state index contributed by atoms with van der Waals surface area (Å²) < 4.78 is 11.4. The normalized spacial score (nSPS) is 23.5. The van der Waals surface area contributed by atoms with E-state index < -0.39 is 0 Å². The van der Waals surface area contributed by atoms with Gasteiger partial charge in [-0.3, -0.25) is 9.69 Å². The van der Waals surface area contributed by atoms with Crippen LogP contribution in [0.15, 0.2) is 4.52 Å². The number of rotatable bonds is 5. The first kappa shape index (κ1) is 17.4. The first-order valence-corrected chi connectivity index (χ1v) is 8.94. The van der Waals surface area contributed by atoms with E-state index in [2.05, 4.69) is 15.4 Å². The Kier molecular flexibility index (Phi) is 4.97. The van der Waals surface area contributed by atoms with E-state index in [-0.39, 0.29) is 17.4 Å². The molecule has 134 valence electrons. The molecule has 2 aliphatic rings. The molecule has 1 N–H and O–H groups in total. The SMILES string of the molecule is Cc1noc(C)c1CN1CC2(CC[C@@H](CNC(=O)C(C)C)CO2)C1. The fourth-order valence-electron chi connectivity index (χ4n) is 3.61. The van der Waals surface area contributed by atoms with E-state index in [1.807, 2.05) is 27.7 Å². The number of likely N-dealkylation sites (tertiary alicyclic amines) is 1. The molecular weight excluding hydrogens is 306 g/mol. The number of hydrogen-bond acceptors (Lipinski definition) is 5. The van der Waals surface area contributed by atoms with Crippen molar-refractivity contribution < 1.29 is 14.1 Å². The first-order valence-electron chi connectivity index (χ1n) is 8.94. The van der Waals surface area contributed by atoms with E-state index in [1.54, 1.807) is 0 Å². The van der Waals surface area contributed by atoms with Gasteiger partial charge in [0.15, 0.2) is 0 Å². The number of aryl methyl sites for hydroxylation is 2. The van der Waals surface area contributed by atoms with Gasteiger partial charge in [-0.1, -0.05) is 19.0 Å². The van der Waals surface area contributed by atoms with Crippen molar-refractivity contribution in [1.82, 2.24) is 15.4 Å². The Morgan fingerprint density at radius 2 is 2.17 bits per heavy atom. The monoisotopic (exact) mass is 335 g/mol. The van der Waals surface area contributed by atoms with Gasteiger partial charge >= 0.3 is 0 Å². The zero-order chi connectivity index (χ0) is 17.3. The van der Waals surface area contributed by atoms with E-state index in [9.17, 15) is 4.79 Å². The average Bonchev–Trinajstić information content (AvgIpc) is 2.84. The molecule has 0 aromatic carbocycles. The highest BCUT2D eigenvalue weighted by atomic mass is 16.5. The van der Waals surface area contributed by atoms with Crippen molar-refractivity contribution in [2.24, 2.45) is 11.8 Å². The molecule has 1 amide bonds. The van der Waals surface area contributed by atoms with Crippen LogP contribution in [-0.4, -0.2) is 47.8 Å². The fraction of sp³-hybridized carbons (Fsp3) is 0.778. The van der Waals surface area contributed by atoms with Crippen LogP contribution < -0.4 is 5.32 Å². The highest BCUT2D eigenvalue weighted by Gasteiger charge is 2.46. The maximum atomic E-state index is 11.7. The second-order valence-electron chi connectivity index (χ2n) is 7.75. The van der Waals surface area contributed by atoms with E-state index in [0.717, 1.165) is 57.1 Å². The van der Waals surface area contributed by atoms with Crippen LogP contribution in [0.1, 0.15) is 43.7 Å². The summed E-state index contributed by atoms with van der Waals surface area (Å²) in [6.07, 6.45) is 2.20. The molecule has 2 saturated heterocycles. The molecule has 1 aromatic rings. The van der Waals surface area contributed by atoms with Gasteiger partial charge in [-0.2, -0.15) is 0 Å². The minimum absolute atomic E-state index is 0.0253. The molecule has 2 fully saturated rings. The summed E-state index contributed by atoms with van der Waals surface area (Å²) >= 11 is 0. The third-order valence-electron chi connectivity index (χ3n) is 5.31. The number of carbonyl (C=O) groups excluding carboxylic acids is 1. The smallest absolute Gasteiger partial charge is 0.222 e. The van der Waals surface area contributed by atoms with E-state index in [0.29, 0.717) is 5.92 Å². The Morgan fingerprint density at radius 3 is 2.71 bits per heavy atom. The standard InChI is InChI=1S/C18H29N3O3/c1-12(2)17(22)19-7-15-5-6-18(23-9-15)10-21(11-18)8-16-13(3)20-24-14(16)4/h12,15H,5-11H2,1-4H3,(H,19,22)/t15-/m0/s1. The summed E-state index contributed by atoms with van der Waals surface area (Å²) in [7, 11) is 0. The third kappa shape index (κ3) is 3.64. The van der Waals surface area contributed by atoms with Gasteiger partial charge in [-0.05, 0) is 32.6 Å².